The van der Waals surface area contributed by atoms with Crippen molar-refractivity contribution in [1.29, 1.82) is 0 Å². The number of halogens is 1. The zero-order valence-corrected chi connectivity index (χ0v) is 9.64. The Morgan fingerprint density at radius 2 is 2.12 bits per heavy atom. The third-order valence-corrected chi connectivity index (χ3v) is 2.28. The van der Waals surface area contributed by atoms with E-state index in [9.17, 15) is 4.39 Å². The van der Waals surface area contributed by atoms with E-state index in [0.29, 0.717) is 6.61 Å². The SMILES string of the molecule is CCCCOc1ncc(F)c(-n2cccc2)n1. The van der Waals surface area contributed by atoms with E-state index in [1.54, 1.807) is 29.1 Å². The van der Waals surface area contributed by atoms with E-state index in [-0.39, 0.29) is 11.8 Å². The lowest BCUT2D eigenvalue weighted by atomic mass is 10.4. The standard InChI is InChI=1S/C12H14FN3O/c1-2-3-8-17-12-14-9-10(13)11(15-12)16-6-4-5-7-16/h4-7,9H,2-3,8H2,1H3. The summed E-state index contributed by atoms with van der Waals surface area (Å²) in [6.45, 7) is 2.62. The number of hydrogen-bond acceptors (Lipinski definition) is 3. The Morgan fingerprint density at radius 3 is 2.82 bits per heavy atom. The Balaban J connectivity index is 2.18. The van der Waals surface area contributed by atoms with Crippen LogP contribution in [0.25, 0.3) is 5.82 Å². The zero-order valence-electron chi connectivity index (χ0n) is 9.64. The van der Waals surface area contributed by atoms with E-state index in [1.807, 2.05) is 0 Å². The topological polar surface area (TPSA) is 39.9 Å². The molecule has 0 radical (unpaired) electrons. The fourth-order valence-corrected chi connectivity index (χ4v) is 1.38. The molecule has 17 heavy (non-hydrogen) atoms. The van der Waals surface area contributed by atoms with Gasteiger partial charge in [-0.25, -0.2) is 9.37 Å². The minimum absolute atomic E-state index is 0.205. The second kappa shape index (κ2) is 5.43. The molecule has 0 atom stereocenters. The summed E-state index contributed by atoms with van der Waals surface area (Å²) < 4.78 is 20.4. The molecule has 0 aliphatic rings. The van der Waals surface area contributed by atoms with Crippen LogP contribution in [0.2, 0.25) is 0 Å². The lowest BCUT2D eigenvalue weighted by Gasteiger charge is -2.06. The van der Waals surface area contributed by atoms with Crippen LogP contribution >= 0.6 is 0 Å². The molecule has 0 fully saturated rings. The Kier molecular flexibility index (Phi) is 3.69. The Labute approximate surface area is 99.1 Å². The number of aromatic nitrogens is 3. The number of ether oxygens (including phenoxy) is 1. The summed E-state index contributed by atoms with van der Waals surface area (Å²) in [6, 6.07) is 3.82. The Morgan fingerprint density at radius 1 is 1.35 bits per heavy atom. The molecular weight excluding hydrogens is 221 g/mol. The maximum atomic E-state index is 13.5. The largest absolute Gasteiger partial charge is 0.463 e. The normalized spacial score (nSPS) is 10.5. The fourth-order valence-electron chi connectivity index (χ4n) is 1.38. The molecule has 90 valence electrons. The highest BCUT2D eigenvalue weighted by molar-refractivity contribution is 5.25. The first-order valence-corrected chi connectivity index (χ1v) is 5.60. The van der Waals surface area contributed by atoms with Crippen LogP contribution in [0, 0.1) is 5.82 Å². The van der Waals surface area contributed by atoms with Crippen LogP contribution in [0.5, 0.6) is 6.01 Å². The fraction of sp³-hybridized carbons (Fsp3) is 0.333. The van der Waals surface area contributed by atoms with Crippen molar-refractivity contribution in [2.45, 2.75) is 19.8 Å². The minimum atomic E-state index is -0.468. The van der Waals surface area contributed by atoms with Crippen molar-refractivity contribution in [2.75, 3.05) is 6.61 Å². The summed E-state index contributed by atoms with van der Waals surface area (Å²) >= 11 is 0. The maximum absolute atomic E-state index is 13.5. The smallest absolute Gasteiger partial charge is 0.318 e. The van der Waals surface area contributed by atoms with E-state index in [0.717, 1.165) is 19.0 Å². The molecule has 2 aromatic heterocycles. The van der Waals surface area contributed by atoms with E-state index in [2.05, 4.69) is 16.9 Å². The first-order valence-electron chi connectivity index (χ1n) is 5.60. The van der Waals surface area contributed by atoms with Gasteiger partial charge >= 0.3 is 6.01 Å². The van der Waals surface area contributed by atoms with Crippen molar-refractivity contribution >= 4 is 0 Å². The molecule has 0 saturated carbocycles. The third kappa shape index (κ3) is 2.81. The monoisotopic (exact) mass is 235 g/mol. The highest BCUT2D eigenvalue weighted by atomic mass is 19.1. The molecule has 2 aromatic rings. The van der Waals surface area contributed by atoms with Crippen LogP contribution in [-0.2, 0) is 0 Å². The number of hydrogen-bond donors (Lipinski definition) is 0. The zero-order chi connectivity index (χ0) is 12.1. The quantitative estimate of drug-likeness (QED) is 0.748. The lowest BCUT2D eigenvalue weighted by Crippen LogP contribution is -2.05. The van der Waals surface area contributed by atoms with Gasteiger partial charge in [-0.2, -0.15) is 4.98 Å². The van der Waals surface area contributed by atoms with E-state index in [4.69, 9.17) is 4.74 Å². The molecule has 2 rings (SSSR count). The van der Waals surface area contributed by atoms with Crippen molar-refractivity contribution in [3.8, 4) is 11.8 Å². The molecule has 5 heteroatoms. The van der Waals surface area contributed by atoms with Gasteiger partial charge in [0.25, 0.3) is 0 Å². The van der Waals surface area contributed by atoms with Crippen LogP contribution in [0.4, 0.5) is 4.39 Å². The third-order valence-electron chi connectivity index (χ3n) is 2.28. The van der Waals surface area contributed by atoms with Gasteiger partial charge in [0, 0.05) is 12.4 Å². The van der Waals surface area contributed by atoms with Crippen LogP contribution in [-0.4, -0.2) is 21.1 Å². The van der Waals surface area contributed by atoms with Gasteiger partial charge in [0.2, 0.25) is 0 Å². The maximum Gasteiger partial charge on any atom is 0.318 e. The molecule has 2 heterocycles. The van der Waals surface area contributed by atoms with Crippen LogP contribution in [0.3, 0.4) is 0 Å². The molecule has 0 bridgehead atoms. The Bertz CT molecular complexity index is 471. The highest BCUT2D eigenvalue weighted by Crippen LogP contribution is 2.13. The molecule has 0 aliphatic carbocycles. The molecule has 0 aliphatic heterocycles. The van der Waals surface area contributed by atoms with Gasteiger partial charge in [0.15, 0.2) is 11.6 Å². The summed E-state index contributed by atoms with van der Waals surface area (Å²) in [5, 5.41) is 0. The van der Waals surface area contributed by atoms with Crippen molar-refractivity contribution in [3.05, 3.63) is 36.5 Å². The summed E-state index contributed by atoms with van der Waals surface area (Å²) in [4.78, 5) is 7.84. The predicted octanol–water partition coefficient (Wildman–Crippen LogP) is 2.59. The predicted molar refractivity (Wildman–Crippen MR) is 61.7 cm³/mol. The molecule has 4 nitrogen and oxygen atoms in total. The molecule has 0 saturated heterocycles. The number of unbranched alkanes of at least 4 members (excludes halogenated alkanes) is 1. The summed E-state index contributed by atoms with van der Waals surface area (Å²) in [5.41, 5.74) is 0. The first kappa shape index (κ1) is 11.6. The van der Waals surface area contributed by atoms with E-state index < -0.39 is 5.82 Å². The van der Waals surface area contributed by atoms with Gasteiger partial charge in [0.05, 0.1) is 12.8 Å². The molecule has 0 amide bonds. The van der Waals surface area contributed by atoms with E-state index >= 15 is 0 Å². The first-order chi connectivity index (χ1) is 8.31. The van der Waals surface area contributed by atoms with Gasteiger partial charge in [-0.05, 0) is 18.6 Å². The molecule has 0 spiro atoms. The number of rotatable bonds is 5. The van der Waals surface area contributed by atoms with Crippen LogP contribution in [0.1, 0.15) is 19.8 Å². The average Bonchev–Trinajstić information content (AvgIpc) is 2.85. The van der Waals surface area contributed by atoms with Gasteiger partial charge < -0.3 is 9.30 Å². The van der Waals surface area contributed by atoms with Crippen molar-refractivity contribution in [2.24, 2.45) is 0 Å². The second-order valence-corrected chi connectivity index (χ2v) is 3.62. The molecule has 0 unspecified atom stereocenters. The van der Waals surface area contributed by atoms with Gasteiger partial charge in [-0.3, -0.25) is 0 Å². The molecular formula is C12H14FN3O. The van der Waals surface area contributed by atoms with Crippen molar-refractivity contribution < 1.29 is 9.13 Å². The van der Waals surface area contributed by atoms with Crippen molar-refractivity contribution in [3.63, 3.8) is 0 Å². The summed E-state index contributed by atoms with van der Waals surface area (Å²) in [7, 11) is 0. The average molecular weight is 235 g/mol. The molecule has 0 aromatic carbocycles. The molecule has 0 N–H and O–H groups in total. The summed E-state index contributed by atoms with van der Waals surface area (Å²) in [6.07, 6.45) is 6.54. The van der Waals surface area contributed by atoms with E-state index in [1.165, 1.54) is 0 Å². The van der Waals surface area contributed by atoms with Crippen LogP contribution < -0.4 is 4.74 Å². The lowest BCUT2D eigenvalue weighted by molar-refractivity contribution is 0.283. The van der Waals surface area contributed by atoms with Crippen LogP contribution in [0.15, 0.2) is 30.7 Å². The van der Waals surface area contributed by atoms with Gasteiger partial charge in [-0.15, -0.1) is 0 Å². The summed E-state index contributed by atoms with van der Waals surface area (Å²) in [5.74, 6) is -0.263. The second-order valence-electron chi connectivity index (χ2n) is 3.62. The highest BCUT2D eigenvalue weighted by Gasteiger charge is 2.08. The van der Waals surface area contributed by atoms with Gasteiger partial charge in [-0.1, -0.05) is 13.3 Å². The van der Waals surface area contributed by atoms with Crippen molar-refractivity contribution in [1.82, 2.24) is 14.5 Å². The Hall–Kier alpha value is -1.91. The number of nitrogens with zero attached hydrogens (tertiary/aromatic N) is 3. The minimum Gasteiger partial charge on any atom is -0.463 e. The van der Waals surface area contributed by atoms with Gasteiger partial charge in [0.1, 0.15) is 0 Å².